The standard InChI is InChI=1S/C18H19NO3/c1-13-7-9-15(10-8-13)22-18(14-5-3-2-4-6-14)16-11-19-17(20)12-21-16/h2-10,16,18H,11-12H2,1H3,(H,19,20)/t16-,18+/m0/s1. The minimum atomic E-state index is -0.260. The third-order valence-electron chi connectivity index (χ3n) is 3.68. The molecule has 1 amide bonds. The lowest BCUT2D eigenvalue weighted by Crippen LogP contribution is -2.46. The van der Waals surface area contributed by atoms with Crippen LogP contribution >= 0.6 is 0 Å². The molecule has 2 aromatic rings. The van der Waals surface area contributed by atoms with Crippen LogP contribution in [-0.2, 0) is 9.53 Å². The van der Waals surface area contributed by atoms with Crippen molar-refractivity contribution in [1.29, 1.82) is 0 Å². The molecule has 4 heteroatoms. The molecule has 1 aliphatic heterocycles. The second-order valence-electron chi connectivity index (χ2n) is 5.42. The summed E-state index contributed by atoms with van der Waals surface area (Å²) in [5.74, 6) is 0.707. The number of benzene rings is 2. The van der Waals surface area contributed by atoms with Crippen LogP contribution in [0.15, 0.2) is 54.6 Å². The lowest BCUT2D eigenvalue weighted by atomic mass is 10.0. The molecule has 0 saturated carbocycles. The maximum absolute atomic E-state index is 11.3. The molecule has 0 spiro atoms. The van der Waals surface area contributed by atoms with Crippen LogP contribution in [0.4, 0.5) is 0 Å². The summed E-state index contributed by atoms with van der Waals surface area (Å²) in [5.41, 5.74) is 2.22. The Morgan fingerprint density at radius 1 is 1.14 bits per heavy atom. The first-order valence-electron chi connectivity index (χ1n) is 7.39. The molecule has 1 saturated heterocycles. The monoisotopic (exact) mass is 297 g/mol. The third kappa shape index (κ3) is 3.46. The number of hydrogen-bond donors (Lipinski definition) is 1. The Morgan fingerprint density at radius 2 is 1.86 bits per heavy atom. The van der Waals surface area contributed by atoms with Crippen LogP contribution in [0.3, 0.4) is 0 Å². The molecular weight excluding hydrogens is 278 g/mol. The van der Waals surface area contributed by atoms with E-state index in [2.05, 4.69) is 5.32 Å². The van der Waals surface area contributed by atoms with Crippen LogP contribution in [0.5, 0.6) is 5.75 Å². The van der Waals surface area contributed by atoms with Crippen LogP contribution < -0.4 is 10.1 Å². The number of nitrogens with one attached hydrogen (secondary N) is 1. The Bertz CT molecular complexity index is 615. The molecule has 3 rings (SSSR count). The molecule has 4 nitrogen and oxygen atoms in total. The molecule has 22 heavy (non-hydrogen) atoms. The molecular formula is C18H19NO3. The highest BCUT2D eigenvalue weighted by atomic mass is 16.5. The maximum atomic E-state index is 11.3. The highest BCUT2D eigenvalue weighted by Crippen LogP contribution is 2.27. The fourth-order valence-corrected chi connectivity index (χ4v) is 2.47. The van der Waals surface area contributed by atoms with E-state index in [1.165, 1.54) is 5.56 Å². The predicted molar refractivity (Wildman–Crippen MR) is 83.7 cm³/mol. The zero-order valence-corrected chi connectivity index (χ0v) is 12.5. The highest BCUT2D eigenvalue weighted by molar-refractivity contribution is 5.77. The second kappa shape index (κ2) is 6.62. The Morgan fingerprint density at radius 3 is 2.50 bits per heavy atom. The summed E-state index contributed by atoms with van der Waals surface area (Å²) in [6.45, 7) is 2.56. The molecule has 114 valence electrons. The van der Waals surface area contributed by atoms with Crippen molar-refractivity contribution in [3.05, 3.63) is 65.7 Å². The van der Waals surface area contributed by atoms with E-state index in [1.54, 1.807) is 0 Å². The van der Waals surface area contributed by atoms with Crippen LogP contribution in [0.2, 0.25) is 0 Å². The van der Waals surface area contributed by atoms with Crippen molar-refractivity contribution in [2.24, 2.45) is 0 Å². The lowest BCUT2D eigenvalue weighted by molar-refractivity contribution is -0.137. The summed E-state index contributed by atoms with van der Waals surface area (Å²) >= 11 is 0. The zero-order chi connectivity index (χ0) is 15.4. The fourth-order valence-electron chi connectivity index (χ4n) is 2.47. The van der Waals surface area contributed by atoms with Crippen molar-refractivity contribution >= 4 is 5.91 Å². The van der Waals surface area contributed by atoms with Crippen molar-refractivity contribution in [3.63, 3.8) is 0 Å². The van der Waals surface area contributed by atoms with Gasteiger partial charge in [-0.15, -0.1) is 0 Å². The van der Waals surface area contributed by atoms with Gasteiger partial charge in [-0.25, -0.2) is 0 Å². The summed E-state index contributed by atoms with van der Waals surface area (Å²) < 4.78 is 11.8. The molecule has 1 heterocycles. The molecule has 1 fully saturated rings. The largest absolute Gasteiger partial charge is 0.483 e. The quantitative estimate of drug-likeness (QED) is 0.943. The maximum Gasteiger partial charge on any atom is 0.246 e. The molecule has 0 aliphatic carbocycles. The number of aryl methyl sites for hydroxylation is 1. The smallest absolute Gasteiger partial charge is 0.246 e. The van der Waals surface area contributed by atoms with Gasteiger partial charge in [0, 0.05) is 6.54 Å². The minimum Gasteiger partial charge on any atom is -0.483 e. The topological polar surface area (TPSA) is 47.6 Å². The number of carbonyl (C=O) groups excluding carboxylic acids is 1. The molecule has 0 radical (unpaired) electrons. The van der Waals surface area contributed by atoms with E-state index in [1.807, 2.05) is 61.5 Å². The second-order valence-corrected chi connectivity index (χ2v) is 5.42. The zero-order valence-electron chi connectivity index (χ0n) is 12.5. The number of rotatable bonds is 4. The normalized spacial score (nSPS) is 19.3. The summed E-state index contributed by atoms with van der Waals surface area (Å²) in [6.07, 6.45) is -0.467. The number of amides is 1. The van der Waals surface area contributed by atoms with Crippen molar-refractivity contribution < 1.29 is 14.3 Å². The van der Waals surface area contributed by atoms with Crippen LogP contribution in [-0.4, -0.2) is 25.2 Å². The van der Waals surface area contributed by atoms with Crippen molar-refractivity contribution in [3.8, 4) is 5.75 Å². The van der Waals surface area contributed by atoms with E-state index in [0.717, 1.165) is 11.3 Å². The summed E-state index contributed by atoms with van der Waals surface area (Å²) in [4.78, 5) is 11.3. The first-order valence-corrected chi connectivity index (χ1v) is 7.39. The van der Waals surface area contributed by atoms with Crippen LogP contribution in [0.25, 0.3) is 0 Å². The van der Waals surface area contributed by atoms with Crippen LogP contribution in [0, 0.1) is 6.92 Å². The van der Waals surface area contributed by atoms with Gasteiger partial charge < -0.3 is 14.8 Å². The molecule has 2 aromatic carbocycles. The van der Waals surface area contributed by atoms with Gasteiger partial charge in [-0.3, -0.25) is 4.79 Å². The molecule has 0 bridgehead atoms. The summed E-state index contributed by atoms with van der Waals surface area (Å²) in [5, 5.41) is 2.83. The highest BCUT2D eigenvalue weighted by Gasteiger charge is 2.30. The van der Waals surface area contributed by atoms with Gasteiger partial charge in [-0.05, 0) is 24.6 Å². The van der Waals surface area contributed by atoms with E-state index in [-0.39, 0.29) is 24.7 Å². The van der Waals surface area contributed by atoms with Gasteiger partial charge in [0.2, 0.25) is 5.91 Å². The van der Waals surface area contributed by atoms with Crippen molar-refractivity contribution in [2.75, 3.05) is 13.2 Å². The van der Waals surface area contributed by atoms with Gasteiger partial charge in [0.1, 0.15) is 18.5 Å². The molecule has 1 aliphatic rings. The van der Waals surface area contributed by atoms with Gasteiger partial charge >= 0.3 is 0 Å². The van der Waals surface area contributed by atoms with Crippen molar-refractivity contribution in [2.45, 2.75) is 19.1 Å². The number of morpholine rings is 1. The van der Waals surface area contributed by atoms with Gasteiger partial charge in [0.15, 0.2) is 6.10 Å². The molecule has 2 atom stereocenters. The average molecular weight is 297 g/mol. The number of hydrogen-bond acceptors (Lipinski definition) is 3. The average Bonchev–Trinajstić information content (AvgIpc) is 2.56. The number of ether oxygens (including phenoxy) is 2. The lowest BCUT2D eigenvalue weighted by Gasteiger charge is -2.31. The minimum absolute atomic E-state index is 0.0747. The van der Waals surface area contributed by atoms with Crippen molar-refractivity contribution in [1.82, 2.24) is 5.32 Å². The third-order valence-corrected chi connectivity index (χ3v) is 3.68. The van der Waals surface area contributed by atoms with Gasteiger partial charge in [0.05, 0.1) is 0 Å². The van der Waals surface area contributed by atoms with E-state index < -0.39 is 0 Å². The fraction of sp³-hybridized carbons (Fsp3) is 0.278. The molecule has 0 unspecified atom stereocenters. The number of carbonyl (C=O) groups is 1. The van der Waals surface area contributed by atoms with Crippen LogP contribution in [0.1, 0.15) is 17.2 Å². The predicted octanol–water partition coefficient (Wildman–Crippen LogP) is 2.63. The Hall–Kier alpha value is -2.33. The van der Waals surface area contributed by atoms with Gasteiger partial charge in [-0.2, -0.15) is 0 Å². The van der Waals surface area contributed by atoms with Gasteiger partial charge in [0.25, 0.3) is 0 Å². The van der Waals surface area contributed by atoms with E-state index in [4.69, 9.17) is 9.47 Å². The summed E-state index contributed by atoms with van der Waals surface area (Å²) in [7, 11) is 0. The summed E-state index contributed by atoms with van der Waals surface area (Å²) in [6, 6.07) is 17.9. The van der Waals surface area contributed by atoms with E-state index in [9.17, 15) is 4.79 Å². The first kappa shape index (κ1) is 14.6. The van der Waals surface area contributed by atoms with Gasteiger partial charge in [-0.1, -0.05) is 48.0 Å². The Labute approximate surface area is 130 Å². The van der Waals surface area contributed by atoms with E-state index in [0.29, 0.717) is 6.54 Å². The first-order chi connectivity index (χ1) is 10.7. The SMILES string of the molecule is Cc1ccc(O[C@H](c2ccccc2)[C@@H]2CNC(=O)CO2)cc1. The van der Waals surface area contributed by atoms with E-state index >= 15 is 0 Å². The molecule has 1 N–H and O–H groups in total. The Balaban J connectivity index is 1.82. The molecule has 0 aromatic heterocycles. The Kier molecular flexibility index (Phi) is 4.39.